The molecule has 0 amide bonds. The van der Waals surface area contributed by atoms with Crippen LogP contribution in [0.15, 0.2) is 42.6 Å². The molecule has 0 bridgehead atoms. The zero-order chi connectivity index (χ0) is 18.1. The molecule has 132 valence electrons. The lowest BCUT2D eigenvalue weighted by Crippen LogP contribution is -2.06. The van der Waals surface area contributed by atoms with Crippen molar-refractivity contribution in [2.75, 3.05) is 0 Å². The molecule has 0 unspecified atom stereocenters. The fourth-order valence-corrected chi connectivity index (χ4v) is 3.60. The summed E-state index contributed by atoms with van der Waals surface area (Å²) in [5.41, 5.74) is 0.943. The molecule has 1 aromatic carbocycles. The van der Waals surface area contributed by atoms with Gasteiger partial charge in [-0.25, -0.2) is 9.97 Å². The van der Waals surface area contributed by atoms with Crippen LogP contribution >= 0.6 is 11.3 Å². The highest BCUT2D eigenvalue weighted by Crippen LogP contribution is 2.30. The summed E-state index contributed by atoms with van der Waals surface area (Å²) < 4.78 is 9.38. The Morgan fingerprint density at radius 3 is 2.54 bits per heavy atom. The predicted octanol–water partition coefficient (Wildman–Crippen LogP) is 3.32. The van der Waals surface area contributed by atoms with Crippen LogP contribution in [0.3, 0.4) is 0 Å². The number of benzene rings is 1. The molecule has 3 aromatic heterocycles. The molecule has 0 saturated carbocycles. The number of hydrogen-bond donors (Lipinski definition) is 0. The Labute approximate surface area is 154 Å². The Bertz CT molecular complexity index is 1030. The van der Waals surface area contributed by atoms with Crippen molar-refractivity contribution in [1.82, 2.24) is 29.5 Å². The Kier molecular flexibility index (Phi) is 4.26. The van der Waals surface area contributed by atoms with Gasteiger partial charge in [-0.2, -0.15) is 9.78 Å². The Morgan fingerprint density at radius 1 is 1.08 bits per heavy atom. The number of aromatic nitrogens is 6. The average molecular weight is 366 g/mol. The third-order valence-electron chi connectivity index (χ3n) is 3.88. The Hall–Kier alpha value is -3.00. The minimum Gasteiger partial charge on any atom is -0.486 e. The van der Waals surface area contributed by atoms with Crippen LogP contribution in [0, 0.1) is 13.8 Å². The number of para-hydroxylation sites is 1. The Morgan fingerprint density at radius 2 is 1.88 bits per heavy atom. The zero-order valence-corrected chi connectivity index (χ0v) is 15.6. The van der Waals surface area contributed by atoms with E-state index in [0.29, 0.717) is 12.4 Å². The Balaban J connectivity index is 1.73. The van der Waals surface area contributed by atoms with Crippen LogP contribution < -0.4 is 4.74 Å². The van der Waals surface area contributed by atoms with Gasteiger partial charge in [-0.05, 0) is 26.0 Å². The highest BCUT2D eigenvalue weighted by molar-refractivity contribution is 7.15. The van der Waals surface area contributed by atoms with Crippen LogP contribution in [0.1, 0.15) is 16.5 Å². The maximum Gasteiger partial charge on any atom is 0.189 e. The van der Waals surface area contributed by atoms with Crippen molar-refractivity contribution in [2.24, 2.45) is 7.05 Å². The molecule has 4 aromatic rings. The largest absolute Gasteiger partial charge is 0.486 e. The van der Waals surface area contributed by atoms with E-state index >= 15 is 0 Å². The molecule has 0 aliphatic rings. The number of hydrogen-bond acceptors (Lipinski definition) is 6. The quantitative estimate of drug-likeness (QED) is 0.542. The third-order valence-corrected chi connectivity index (χ3v) is 4.95. The molecule has 8 heteroatoms. The standard InChI is InChI=1S/C18H18N6OS/c1-12-17(26-13(2)20-12)18-21-15(11-25-14-7-5-4-6-8-14)22-24(18)16-9-10-19-23(16)3/h4-10H,11H2,1-3H3. The molecule has 0 spiro atoms. The van der Waals surface area contributed by atoms with Gasteiger partial charge in [0, 0.05) is 13.1 Å². The van der Waals surface area contributed by atoms with Crippen molar-refractivity contribution in [3.05, 3.63) is 59.1 Å². The van der Waals surface area contributed by atoms with E-state index in [0.717, 1.165) is 33.0 Å². The zero-order valence-electron chi connectivity index (χ0n) is 14.7. The summed E-state index contributed by atoms with van der Waals surface area (Å²) in [6.45, 7) is 4.27. The SMILES string of the molecule is Cc1nc(C)c(-c2nc(COc3ccccc3)nn2-c2ccnn2C)s1. The summed E-state index contributed by atoms with van der Waals surface area (Å²) in [4.78, 5) is 10.2. The van der Waals surface area contributed by atoms with Crippen molar-refractivity contribution < 1.29 is 4.74 Å². The highest BCUT2D eigenvalue weighted by Gasteiger charge is 2.20. The summed E-state index contributed by atoms with van der Waals surface area (Å²) in [6.07, 6.45) is 1.74. The molecule has 0 N–H and O–H groups in total. The molecule has 0 radical (unpaired) electrons. The molecule has 3 heterocycles. The predicted molar refractivity (Wildman–Crippen MR) is 99.5 cm³/mol. The van der Waals surface area contributed by atoms with Crippen molar-refractivity contribution in [2.45, 2.75) is 20.5 Å². The maximum absolute atomic E-state index is 5.81. The van der Waals surface area contributed by atoms with Crippen molar-refractivity contribution >= 4 is 11.3 Å². The number of nitrogens with zero attached hydrogens (tertiary/aromatic N) is 6. The average Bonchev–Trinajstić information content (AvgIpc) is 3.32. The first-order chi connectivity index (χ1) is 12.6. The van der Waals surface area contributed by atoms with E-state index in [9.17, 15) is 0 Å². The van der Waals surface area contributed by atoms with E-state index in [1.807, 2.05) is 57.3 Å². The summed E-state index contributed by atoms with van der Waals surface area (Å²) in [5, 5.41) is 9.90. The van der Waals surface area contributed by atoms with Crippen LogP contribution in [-0.2, 0) is 13.7 Å². The molecule has 4 rings (SSSR count). The number of aryl methyl sites for hydroxylation is 3. The summed E-state index contributed by atoms with van der Waals surface area (Å²) in [6, 6.07) is 11.6. The molecule has 0 aliphatic heterocycles. The number of ether oxygens (including phenoxy) is 1. The molecule has 0 saturated heterocycles. The molecule has 7 nitrogen and oxygen atoms in total. The molecule has 26 heavy (non-hydrogen) atoms. The van der Waals surface area contributed by atoms with Gasteiger partial charge in [0.1, 0.15) is 12.4 Å². The second-order valence-electron chi connectivity index (χ2n) is 5.83. The lowest BCUT2D eigenvalue weighted by Gasteiger charge is -2.04. The lowest BCUT2D eigenvalue weighted by atomic mass is 10.3. The number of thiazole rings is 1. The van der Waals surface area contributed by atoms with E-state index in [2.05, 4.69) is 15.2 Å². The van der Waals surface area contributed by atoms with E-state index in [-0.39, 0.29) is 0 Å². The third kappa shape index (κ3) is 3.11. The highest BCUT2D eigenvalue weighted by atomic mass is 32.1. The fourth-order valence-electron chi connectivity index (χ4n) is 2.70. The molecule has 0 fully saturated rings. The number of rotatable bonds is 5. The minimum atomic E-state index is 0.290. The van der Waals surface area contributed by atoms with Gasteiger partial charge < -0.3 is 4.74 Å². The second-order valence-corrected chi connectivity index (χ2v) is 7.03. The first-order valence-electron chi connectivity index (χ1n) is 8.18. The van der Waals surface area contributed by atoms with Gasteiger partial charge in [0.05, 0.1) is 21.8 Å². The minimum absolute atomic E-state index is 0.290. The molecular formula is C18H18N6OS. The van der Waals surface area contributed by atoms with Gasteiger partial charge in [-0.3, -0.25) is 4.68 Å². The van der Waals surface area contributed by atoms with Crippen LogP contribution in [-0.4, -0.2) is 29.5 Å². The molecular weight excluding hydrogens is 348 g/mol. The van der Waals surface area contributed by atoms with E-state index < -0.39 is 0 Å². The monoisotopic (exact) mass is 366 g/mol. The maximum atomic E-state index is 5.81. The van der Waals surface area contributed by atoms with E-state index in [1.165, 1.54) is 0 Å². The topological polar surface area (TPSA) is 70.7 Å². The summed E-state index contributed by atoms with van der Waals surface area (Å²) in [7, 11) is 1.88. The van der Waals surface area contributed by atoms with E-state index in [1.54, 1.807) is 26.9 Å². The van der Waals surface area contributed by atoms with Crippen LogP contribution in [0.2, 0.25) is 0 Å². The smallest absolute Gasteiger partial charge is 0.189 e. The van der Waals surface area contributed by atoms with Crippen LogP contribution in [0.5, 0.6) is 5.75 Å². The van der Waals surface area contributed by atoms with Gasteiger partial charge in [-0.15, -0.1) is 16.4 Å². The van der Waals surface area contributed by atoms with E-state index in [4.69, 9.17) is 9.72 Å². The summed E-state index contributed by atoms with van der Waals surface area (Å²) >= 11 is 1.61. The lowest BCUT2D eigenvalue weighted by molar-refractivity contribution is 0.296. The second kappa shape index (κ2) is 6.72. The first-order valence-corrected chi connectivity index (χ1v) is 9.00. The van der Waals surface area contributed by atoms with Gasteiger partial charge in [0.25, 0.3) is 0 Å². The van der Waals surface area contributed by atoms with Crippen molar-refractivity contribution in [3.8, 4) is 22.3 Å². The van der Waals surface area contributed by atoms with Gasteiger partial charge in [0.15, 0.2) is 17.5 Å². The normalized spacial score (nSPS) is 11.0. The van der Waals surface area contributed by atoms with Crippen LogP contribution in [0.25, 0.3) is 16.5 Å². The van der Waals surface area contributed by atoms with Gasteiger partial charge in [0.2, 0.25) is 0 Å². The molecule has 0 aliphatic carbocycles. The van der Waals surface area contributed by atoms with Crippen molar-refractivity contribution in [1.29, 1.82) is 0 Å². The van der Waals surface area contributed by atoms with Crippen molar-refractivity contribution in [3.63, 3.8) is 0 Å². The van der Waals surface area contributed by atoms with Gasteiger partial charge in [-0.1, -0.05) is 18.2 Å². The van der Waals surface area contributed by atoms with Crippen LogP contribution in [0.4, 0.5) is 0 Å². The first kappa shape index (κ1) is 16.5. The molecule has 0 atom stereocenters. The van der Waals surface area contributed by atoms with Gasteiger partial charge >= 0.3 is 0 Å². The summed E-state index contributed by atoms with van der Waals surface area (Å²) in [5.74, 6) is 2.98. The fraction of sp³-hybridized carbons (Fsp3) is 0.222.